The number of nitrogens with zero attached hydrogens (tertiary/aromatic N) is 1. The highest BCUT2D eigenvalue weighted by Crippen LogP contribution is 2.30. The maximum atomic E-state index is 11.6. The van der Waals surface area contributed by atoms with E-state index in [-0.39, 0.29) is 5.97 Å². The van der Waals surface area contributed by atoms with E-state index in [1.165, 1.54) is 20.0 Å². The molecule has 0 unspecified atom stereocenters. The monoisotopic (exact) mass is 265 g/mol. The minimum atomic E-state index is -0.322. The van der Waals surface area contributed by atoms with Gasteiger partial charge in [-0.1, -0.05) is 6.92 Å². The highest BCUT2D eigenvalue weighted by atomic mass is 16.5. The first-order valence-electron chi connectivity index (χ1n) is 7.04. The number of ether oxygens (including phenoxy) is 1. The lowest BCUT2D eigenvalue weighted by atomic mass is 10.2. The van der Waals surface area contributed by atoms with Crippen molar-refractivity contribution in [1.29, 1.82) is 0 Å². The van der Waals surface area contributed by atoms with Gasteiger partial charge >= 0.3 is 5.97 Å². The van der Waals surface area contributed by atoms with Crippen LogP contribution in [0.2, 0.25) is 0 Å². The van der Waals surface area contributed by atoms with Gasteiger partial charge in [0.25, 0.3) is 0 Å². The summed E-state index contributed by atoms with van der Waals surface area (Å²) >= 11 is 0. The van der Waals surface area contributed by atoms with E-state index in [1.54, 1.807) is 6.92 Å². The van der Waals surface area contributed by atoms with Crippen molar-refractivity contribution in [1.82, 2.24) is 4.90 Å². The molecule has 0 atom stereocenters. The first-order chi connectivity index (χ1) is 9.13. The maximum absolute atomic E-state index is 11.6. The Bertz CT molecular complexity index is 435. The van der Waals surface area contributed by atoms with Crippen molar-refractivity contribution in [3.8, 4) is 0 Å². The second-order valence-corrected chi connectivity index (χ2v) is 5.35. The van der Waals surface area contributed by atoms with Gasteiger partial charge in [0.05, 0.1) is 13.7 Å². The molecule has 1 aliphatic carbocycles. The Morgan fingerprint density at radius 1 is 1.53 bits per heavy atom. The van der Waals surface area contributed by atoms with Gasteiger partial charge in [-0.15, -0.1) is 0 Å². The summed E-state index contributed by atoms with van der Waals surface area (Å²) in [5.74, 6) is 2.04. The summed E-state index contributed by atoms with van der Waals surface area (Å²) in [4.78, 5) is 14.0. The minimum absolute atomic E-state index is 0.322. The van der Waals surface area contributed by atoms with E-state index in [1.807, 2.05) is 6.07 Å². The fourth-order valence-electron chi connectivity index (χ4n) is 2.37. The molecule has 1 aromatic rings. The molecule has 106 valence electrons. The molecule has 0 saturated heterocycles. The quantitative estimate of drug-likeness (QED) is 0.711. The first kappa shape index (κ1) is 14.1. The highest BCUT2D eigenvalue weighted by molar-refractivity contribution is 5.90. The number of methoxy groups -OCH3 is 1. The zero-order valence-electron chi connectivity index (χ0n) is 12.1. The van der Waals surface area contributed by atoms with E-state index >= 15 is 0 Å². The Balaban J connectivity index is 2.01. The van der Waals surface area contributed by atoms with Crippen molar-refractivity contribution < 1.29 is 13.9 Å². The molecule has 1 heterocycles. The van der Waals surface area contributed by atoms with Crippen LogP contribution in [0.4, 0.5) is 0 Å². The number of aryl methyl sites for hydroxylation is 1. The number of hydrogen-bond donors (Lipinski definition) is 0. The normalized spacial score (nSPS) is 14.9. The van der Waals surface area contributed by atoms with Crippen LogP contribution in [0.1, 0.15) is 48.1 Å². The smallest absolute Gasteiger partial charge is 0.341 e. The lowest BCUT2D eigenvalue weighted by molar-refractivity contribution is 0.0599. The molecular weight excluding hydrogens is 242 g/mol. The Kier molecular flexibility index (Phi) is 4.64. The van der Waals surface area contributed by atoms with Crippen molar-refractivity contribution in [2.45, 2.75) is 39.7 Å². The third-order valence-corrected chi connectivity index (χ3v) is 3.51. The van der Waals surface area contributed by atoms with Gasteiger partial charge in [0.1, 0.15) is 17.1 Å². The van der Waals surface area contributed by atoms with E-state index in [0.717, 1.165) is 37.7 Å². The Hall–Kier alpha value is -1.29. The van der Waals surface area contributed by atoms with Crippen LogP contribution in [0, 0.1) is 12.8 Å². The Labute approximate surface area is 114 Å². The molecular formula is C15H23NO3. The van der Waals surface area contributed by atoms with Gasteiger partial charge in [-0.2, -0.15) is 0 Å². The predicted octanol–water partition coefficient (Wildman–Crippen LogP) is 3.00. The maximum Gasteiger partial charge on any atom is 0.341 e. The van der Waals surface area contributed by atoms with Gasteiger partial charge in [-0.25, -0.2) is 4.79 Å². The molecule has 0 aliphatic heterocycles. The van der Waals surface area contributed by atoms with Crippen LogP contribution in [0.3, 0.4) is 0 Å². The van der Waals surface area contributed by atoms with Gasteiger partial charge in [0, 0.05) is 6.54 Å². The number of furan rings is 1. The number of hydrogen-bond acceptors (Lipinski definition) is 4. The van der Waals surface area contributed by atoms with E-state index < -0.39 is 0 Å². The summed E-state index contributed by atoms with van der Waals surface area (Å²) in [6, 6.07) is 1.82. The number of rotatable bonds is 7. The Morgan fingerprint density at radius 2 is 2.26 bits per heavy atom. The molecule has 0 bridgehead atoms. The minimum Gasteiger partial charge on any atom is -0.465 e. The fraction of sp³-hybridized carbons (Fsp3) is 0.667. The van der Waals surface area contributed by atoms with Crippen LogP contribution in [-0.2, 0) is 11.3 Å². The van der Waals surface area contributed by atoms with Crippen molar-refractivity contribution in [2.75, 3.05) is 20.2 Å². The molecule has 1 aromatic heterocycles. The first-order valence-corrected chi connectivity index (χ1v) is 7.04. The molecule has 2 rings (SSSR count). The SMILES string of the molecule is CCCN(Cc1cc(C(=O)OC)c(C)o1)CC1CC1. The van der Waals surface area contributed by atoms with Crippen LogP contribution >= 0.6 is 0 Å². The average Bonchev–Trinajstić information content (AvgIpc) is 3.11. The molecule has 0 spiro atoms. The van der Waals surface area contributed by atoms with Crippen LogP contribution in [0.5, 0.6) is 0 Å². The lowest BCUT2D eigenvalue weighted by Crippen LogP contribution is -2.26. The number of carbonyl (C=O) groups is 1. The standard InChI is InChI=1S/C15H23NO3/c1-4-7-16(9-12-5-6-12)10-13-8-14(11(2)19-13)15(17)18-3/h8,12H,4-7,9-10H2,1-3H3. The Morgan fingerprint density at radius 3 is 2.84 bits per heavy atom. The van der Waals surface area contributed by atoms with Crippen LogP contribution < -0.4 is 0 Å². The molecule has 1 aliphatic rings. The molecule has 19 heavy (non-hydrogen) atoms. The highest BCUT2D eigenvalue weighted by Gasteiger charge is 2.25. The van der Waals surface area contributed by atoms with Gasteiger partial charge in [-0.05, 0) is 44.7 Å². The molecule has 0 N–H and O–H groups in total. The molecule has 1 saturated carbocycles. The third kappa shape index (κ3) is 3.83. The third-order valence-electron chi connectivity index (χ3n) is 3.51. The van der Waals surface area contributed by atoms with Gasteiger partial charge in [0.15, 0.2) is 0 Å². The van der Waals surface area contributed by atoms with Crippen LogP contribution in [0.15, 0.2) is 10.5 Å². The summed E-state index contributed by atoms with van der Waals surface area (Å²) < 4.78 is 10.4. The fourth-order valence-corrected chi connectivity index (χ4v) is 2.37. The van der Waals surface area contributed by atoms with Crippen LogP contribution in [-0.4, -0.2) is 31.1 Å². The zero-order chi connectivity index (χ0) is 13.8. The molecule has 4 nitrogen and oxygen atoms in total. The van der Waals surface area contributed by atoms with E-state index in [4.69, 9.17) is 9.15 Å². The number of carbonyl (C=O) groups excluding carboxylic acids is 1. The van der Waals surface area contributed by atoms with Crippen molar-refractivity contribution in [3.63, 3.8) is 0 Å². The summed E-state index contributed by atoms with van der Waals surface area (Å²) in [6.07, 6.45) is 3.84. The molecule has 0 amide bonds. The van der Waals surface area contributed by atoms with Gasteiger partial charge in [-0.3, -0.25) is 4.90 Å². The van der Waals surface area contributed by atoms with Crippen molar-refractivity contribution >= 4 is 5.97 Å². The van der Waals surface area contributed by atoms with Gasteiger partial charge < -0.3 is 9.15 Å². The summed E-state index contributed by atoms with van der Waals surface area (Å²) in [7, 11) is 1.39. The molecule has 0 aromatic carbocycles. The molecule has 0 radical (unpaired) electrons. The summed E-state index contributed by atoms with van der Waals surface area (Å²) in [6.45, 7) is 6.99. The largest absolute Gasteiger partial charge is 0.465 e. The topological polar surface area (TPSA) is 42.7 Å². The lowest BCUT2D eigenvalue weighted by Gasteiger charge is -2.19. The van der Waals surface area contributed by atoms with E-state index in [2.05, 4.69) is 11.8 Å². The van der Waals surface area contributed by atoms with Crippen molar-refractivity contribution in [3.05, 3.63) is 23.2 Å². The van der Waals surface area contributed by atoms with Crippen LogP contribution in [0.25, 0.3) is 0 Å². The molecule has 4 heteroatoms. The predicted molar refractivity (Wildman–Crippen MR) is 73.1 cm³/mol. The number of esters is 1. The van der Waals surface area contributed by atoms with Gasteiger partial charge in [0.2, 0.25) is 0 Å². The second-order valence-electron chi connectivity index (χ2n) is 5.35. The summed E-state index contributed by atoms with van der Waals surface area (Å²) in [5.41, 5.74) is 0.542. The summed E-state index contributed by atoms with van der Waals surface area (Å²) in [5, 5.41) is 0. The van der Waals surface area contributed by atoms with E-state index in [0.29, 0.717) is 11.3 Å². The average molecular weight is 265 g/mol. The zero-order valence-corrected chi connectivity index (χ0v) is 12.1. The second kappa shape index (κ2) is 6.24. The van der Waals surface area contributed by atoms with E-state index in [9.17, 15) is 4.79 Å². The van der Waals surface area contributed by atoms with Crippen molar-refractivity contribution in [2.24, 2.45) is 5.92 Å². The molecule has 1 fully saturated rings.